The molecule has 0 radical (unpaired) electrons. The molecule has 9 unspecified atom stereocenters. The summed E-state index contributed by atoms with van der Waals surface area (Å²) in [6.45, 7) is 10.2. The van der Waals surface area contributed by atoms with Crippen LogP contribution in [0.1, 0.15) is 53.4 Å². The first-order valence-electron chi connectivity index (χ1n) is 9.01. The van der Waals surface area contributed by atoms with Gasteiger partial charge in [-0.05, 0) is 90.3 Å². The summed E-state index contributed by atoms with van der Waals surface area (Å²) in [6.07, 6.45) is 6.37. The lowest BCUT2D eigenvalue weighted by Crippen LogP contribution is -2.21. The lowest BCUT2D eigenvalue weighted by molar-refractivity contribution is 0.198. The summed E-state index contributed by atoms with van der Waals surface area (Å²) in [6, 6.07) is 0. The minimum atomic E-state index is 0.754. The van der Waals surface area contributed by atoms with Gasteiger partial charge in [-0.1, -0.05) is 27.7 Å². The van der Waals surface area contributed by atoms with E-state index in [1.54, 1.807) is 25.7 Å². The van der Waals surface area contributed by atoms with Crippen molar-refractivity contribution in [2.24, 2.45) is 64.6 Å². The normalized spacial score (nSPS) is 72.0. The van der Waals surface area contributed by atoms with Crippen LogP contribution in [0.3, 0.4) is 0 Å². The van der Waals surface area contributed by atoms with E-state index in [0.29, 0.717) is 0 Å². The van der Waals surface area contributed by atoms with Crippen LogP contribution in [-0.4, -0.2) is 0 Å². The van der Waals surface area contributed by atoms with Gasteiger partial charge in [-0.2, -0.15) is 0 Å². The van der Waals surface area contributed by atoms with E-state index in [4.69, 9.17) is 0 Å². The number of fused-ring (bicyclic) bond motifs is 2. The second-order valence-corrected chi connectivity index (χ2v) is 9.63. The molecular weight excluding hydrogens is 228 g/mol. The topological polar surface area (TPSA) is 0 Å². The van der Waals surface area contributed by atoms with Gasteiger partial charge in [0.1, 0.15) is 0 Å². The van der Waals surface area contributed by atoms with Crippen molar-refractivity contribution >= 4 is 0 Å². The molecule has 0 amide bonds. The fourth-order valence-electron chi connectivity index (χ4n) is 7.45. The molecule has 0 bridgehead atoms. The third-order valence-electron chi connectivity index (χ3n) is 8.86. The Hall–Kier alpha value is 0. The van der Waals surface area contributed by atoms with E-state index in [0.717, 1.165) is 52.8 Å². The van der Waals surface area contributed by atoms with E-state index in [-0.39, 0.29) is 0 Å². The molecule has 5 rings (SSSR count). The molecule has 0 spiro atoms. The highest BCUT2D eigenvalue weighted by Gasteiger charge is 2.67. The van der Waals surface area contributed by atoms with Gasteiger partial charge in [-0.15, -0.1) is 0 Å². The van der Waals surface area contributed by atoms with Crippen molar-refractivity contribution in [3.63, 3.8) is 0 Å². The van der Waals surface area contributed by atoms with Crippen molar-refractivity contribution < 1.29 is 0 Å². The van der Waals surface area contributed by atoms with E-state index >= 15 is 0 Å². The van der Waals surface area contributed by atoms with Crippen molar-refractivity contribution in [3.05, 3.63) is 0 Å². The molecular formula is C19H30. The van der Waals surface area contributed by atoms with Gasteiger partial charge in [0.2, 0.25) is 0 Å². The first-order chi connectivity index (χ1) is 9.01. The minimum Gasteiger partial charge on any atom is -0.0620 e. The highest BCUT2D eigenvalue weighted by molar-refractivity contribution is 5.16. The zero-order valence-electron chi connectivity index (χ0n) is 13.1. The van der Waals surface area contributed by atoms with Crippen LogP contribution in [0, 0.1) is 64.6 Å². The second-order valence-electron chi connectivity index (χ2n) is 9.63. The van der Waals surface area contributed by atoms with Crippen molar-refractivity contribution in [2.45, 2.75) is 53.4 Å². The third kappa shape index (κ3) is 1.37. The lowest BCUT2D eigenvalue weighted by atomic mass is 9.75. The van der Waals surface area contributed by atoms with E-state index in [2.05, 4.69) is 27.7 Å². The Bertz CT molecular complexity index is 408. The van der Waals surface area contributed by atoms with Gasteiger partial charge < -0.3 is 0 Å². The van der Waals surface area contributed by atoms with Gasteiger partial charge in [-0.3, -0.25) is 0 Å². The Labute approximate surface area is 118 Å². The smallest absolute Gasteiger partial charge is 0.0286 e. The van der Waals surface area contributed by atoms with E-state index < -0.39 is 0 Å². The van der Waals surface area contributed by atoms with Gasteiger partial charge in [0.25, 0.3) is 0 Å². The summed E-state index contributed by atoms with van der Waals surface area (Å²) in [5.41, 5.74) is 0.754. The van der Waals surface area contributed by atoms with Gasteiger partial charge in [0.05, 0.1) is 0 Å². The van der Waals surface area contributed by atoms with Gasteiger partial charge in [-0.25, -0.2) is 0 Å². The highest BCUT2D eigenvalue weighted by atomic mass is 14.7. The molecule has 0 saturated heterocycles. The number of rotatable bonds is 3. The quantitative estimate of drug-likeness (QED) is 0.679. The Balaban J connectivity index is 1.23. The van der Waals surface area contributed by atoms with Crippen LogP contribution in [0.15, 0.2) is 0 Å². The molecule has 106 valence electrons. The largest absolute Gasteiger partial charge is 0.0620 e. The molecule has 0 heteroatoms. The standard InChI is InChI=1S/C19H30/c1-9-15-7-19(4,8-16(9)15)18-11(3)14(18)6-12-5-13-10(2)17(12)13/h9-18H,5-8H2,1-4H3. The molecule has 5 saturated carbocycles. The molecule has 0 aromatic heterocycles. The summed E-state index contributed by atoms with van der Waals surface area (Å²) < 4.78 is 0. The predicted molar refractivity (Wildman–Crippen MR) is 78.5 cm³/mol. The Morgan fingerprint density at radius 3 is 2.11 bits per heavy atom. The fourth-order valence-corrected chi connectivity index (χ4v) is 7.45. The highest BCUT2D eigenvalue weighted by Crippen LogP contribution is 2.74. The molecule has 19 heavy (non-hydrogen) atoms. The molecule has 0 aliphatic heterocycles. The number of hydrogen-bond acceptors (Lipinski definition) is 0. The summed E-state index contributed by atoms with van der Waals surface area (Å²) in [5.74, 6) is 11.3. The average Bonchev–Trinajstić information content (AvgIpc) is 3.17. The molecule has 0 aromatic carbocycles. The summed E-state index contributed by atoms with van der Waals surface area (Å²) in [7, 11) is 0. The molecule has 9 atom stereocenters. The minimum absolute atomic E-state index is 0.754. The monoisotopic (exact) mass is 258 g/mol. The zero-order chi connectivity index (χ0) is 13.1. The molecule has 0 heterocycles. The third-order valence-corrected chi connectivity index (χ3v) is 8.86. The zero-order valence-corrected chi connectivity index (χ0v) is 13.1. The van der Waals surface area contributed by atoms with Crippen LogP contribution < -0.4 is 0 Å². The van der Waals surface area contributed by atoms with Crippen molar-refractivity contribution in [1.29, 1.82) is 0 Å². The van der Waals surface area contributed by atoms with Crippen LogP contribution in [0.5, 0.6) is 0 Å². The summed E-state index contributed by atoms with van der Waals surface area (Å²) >= 11 is 0. The second kappa shape index (κ2) is 3.25. The Kier molecular flexibility index (Phi) is 1.99. The molecule has 0 N–H and O–H groups in total. The van der Waals surface area contributed by atoms with E-state index in [1.165, 1.54) is 11.8 Å². The molecule has 0 nitrogen and oxygen atoms in total. The molecule has 5 aliphatic rings. The average molecular weight is 258 g/mol. The Morgan fingerprint density at radius 2 is 1.58 bits per heavy atom. The van der Waals surface area contributed by atoms with Crippen molar-refractivity contribution in [1.82, 2.24) is 0 Å². The maximum Gasteiger partial charge on any atom is -0.0286 e. The van der Waals surface area contributed by atoms with E-state index in [9.17, 15) is 0 Å². The summed E-state index contributed by atoms with van der Waals surface area (Å²) in [4.78, 5) is 0. The molecule has 0 aromatic rings. The summed E-state index contributed by atoms with van der Waals surface area (Å²) in [5, 5.41) is 0. The van der Waals surface area contributed by atoms with Gasteiger partial charge in [0, 0.05) is 0 Å². The van der Waals surface area contributed by atoms with E-state index in [1.807, 2.05) is 0 Å². The van der Waals surface area contributed by atoms with Crippen LogP contribution in [-0.2, 0) is 0 Å². The maximum atomic E-state index is 2.65. The first kappa shape index (κ1) is 11.6. The van der Waals surface area contributed by atoms with Crippen LogP contribution >= 0.6 is 0 Å². The first-order valence-corrected chi connectivity index (χ1v) is 9.01. The molecule has 5 fully saturated rings. The van der Waals surface area contributed by atoms with Gasteiger partial charge >= 0.3 is 0 Å². The fraction of sp³-hybridized carbons (Fsp3) is 1.00. The molecule has 5 aliphatic carbocycles. The Morgan fingerprint density at radius 1 is 0.895 bits per heavy atom. The SMILES string of the molecule is CC1C2CC(C)(C3C(C)C3CC3CC4C(C)C34)CC12. The van der Waals surface area contributed by atoms with Gasteiger partial charge in [0.15, 0.2) is 0 Å². The van der Waals surface area contributed by atoms with Crippen molar-refractivity contribution in [2.75, 3.05) is 0 Å². The number of hydrogen-bond donors (Lipinski definition) is 0. The van der Waals surface area contributed by atoms with Crippen LogP contribution in [0.2, 0.25) is 0 Å². The van der Waals surface area contributed by atoms with Crippen LogP contribution in [0.25, 0.3) is 0 Å². The van der Waals surface area contributed by atoms with Crippen LogP contribution in [0.4, 0.5) is 0 Å². The predicted octanol–water partition coefficient (Wildman–Crippen LogP) is 4.84. The van der Waals surface area contributed by atoms with Crippen molar-refractivity contribution in [3.8, 4) is 0 Å². The maximum absolute atomic E-state index is 2.65. The lowest BCUT2D eigenvalue weighted by Gasteiger charge is -2.29.